The van der Waals surface area contributed by atoms with E-state index in [1.807, 2.05) is 38.4 Å². The minimum atomic E-state index is -1.01. The van der Waals surface area contributed by atoms with E-state index in [0.29, 0.717) is 11.1 Å². The first-order valence-electron chi connectivity index (χ1n) is 9.09. The number of pyridine rings is 1. The lowest BCUT2D eigenvalue weighted by Gasteiger charge is -2.09. The van der Waals surface area contributed by atoms with Crippen molar-refractivity contribution in [1.29, 1.82) is 0 Å². The Bertz CT molecular complexity index is 1230. The summed E-state index contributed by atoms with van der Waals surface area (Å²) in [6.45, 7) is 0.960. The molecule has 8 heteroatoms. The number of benzene rings is 2. The number of nitrogens with zero attached hydrogens (tertiary/aromatic N) is 4. The molecule has 0 saturated carbocycles. The lowest BCUT2D eigenvalue weighted by Crippen LogP contribution is -2.15. The fourth-order valence-corrected chi connectivity index (χ4v) is 3.07. The number of H-pyrrole nitrogens is 1. The molecular formula is C21H19F2N5O. The van der Waals surface area contributed by atoms with Gasteiger partial charge in [0.1, 0.15) is 5.69 Å². The van der Waals surface area contributed by atoms with Crippen LogP contribution in [0.15, 0.2) is 53.5 Å². The van der Waals surface area contributed by atoms with Crippen LogP contribution in [0.1, 0.15) is 5.56 Å². The van der Waals surface area contributed by atoms with Crippen LogP contribution in [-0.2, 0) is 6.42 Å². The van der Waals surface area contributed by atoms with Crippen LogP contribution >= 0.6 is 0 Å². The average molecular weight is 395 g/mol. The molecule has 0 unspecified atom stereocenters. The van der Waals surface area contributed by atoms with Gasteiger partial charge < -0.3 is 9.88 Å². The molecule has 0 bridgehead atoms. The highest BCUT2D eigenvalue weighted by atomic mass is 19.2. The Morgan fingerprint density at radius 2 is 1.79 bits per heavy atom. The summed E-state index contributed by atoms with van der Waals surface area (Å²) in [7, 11) is 4.06. The molecule has 2 aromatic heterocycles. The predicted molar refractivity (Wildman–Crippen MR) is 107 cm³/mol. The van der Waals surface area contributed by atoms with Crippen LogP contribution in [0.5, 0.6) is 0 Å². The average Bonchev–Trinajstić information content (AvgIpc) is 3.17. The quantitative estimate of drug-likeness (QED) is 0.564. The number of hydrogen-bond acceptors (Lipinski definition) is 4. The molecule has 0 atom stereocenters. The molecule has 0 radical (unpaired) electrons. The van der Waals surface area contributed by atoms with Crippen LogP contribution in [0.4, 0.5) is 8.78 Å². The summed E-state index contributed by atoms with van der Waals surface area (Å²) >= 11 is 0. The van der Waals surface area contributed by atoms with Gasteiger partial charge in [-0.3, -0.25) is 4.79 Å². The maximum Gasteiger partial charge on any atom is 0.258 e. The van der Waals surface area contributed by atoms with Crippen LogP contribution in [0.2, 0.25) is 0 Å². The fraction of sp³-hybridized carbons (Fsp3) is 0.190. The molecule has 0 aliphatic rings. The molecule has 4 rings (SSSR count). The zero-order chi connectivity index (χ0) is 20.5. The molecule has 0 spiro atoms. The van der Waals surface area contributed by atoms with Gasteiger partial charge in [-0.15, -0.1) is 5.10 Å². The van der Waals surface area contributed by atoms with Crippen LogP contribution in [0, 0.1) is 11.6 Å². The van der Waals surface area contributed by atoms with Crippen LogP contribution in [0.25, 0.3) is 27.8 Å². The summed E-state index contributed by atoms with van der Waals surface area (Å²) in [5.74, 6) is -1.99. The summed E-state index contributed by atoms with van der Waals surface area (Å²) in [5, 5.41) is 8.54. The second-order valence-electron chi connectivity index (χ2n) is 7.13. The maximum absolute atomic E-state index is 13.5. The Hall–Kier alpha value is -3.39. The summed E-state index contributed by atoms with van der Waals surface area (Å²) < 4.78 is 28.5. The molecule has 0 aliphatic heterocycles. The third-order valence-corrected chi connectivity index (χ3v) is 4.70. The SMILES string of the molecule is CN(C)CCc1ccc(-n2cc(-c3cc4cc(F)c(F)cc4[nH]c3=O)nn2)cc1. The first-order valence-corrected chi connectivity index (χ1v) is 9.09. The van der Waals surface area contributed by atoms with E-state index in [4.69, 9.17) is 0 Å². The number of fused-ring (bicyclic) bond motifs is 1. The van der Waals surface area contributed by atoms with Gasteiger partial charge in [-0.05, 0) is 50.3 Å². The standard InChI is InChI=1S/C21H19F2N5O/c1-27(2)8-7-13-3-5-15(6-4-13)28-12-20(25-26-28)16-9-14-10-17(22)18(23)11-19(14)24-21(16)29/h3-6,9-12H,7-8H2,1-2H3,(H,24,29). The summed E-state index contributed by atoms with van der Waals surface area (Å²) in [6.07, 6.45) is 2.57. The summed E-state index contributed by atoms with van der Waals surface area (Å²) in [4.78, 5) is 17.1. The number of halogens is 2. The smallest absolute Gasteiger partial charge is 0.258 e. The number of aromatic amines is 1. The molecule has 0 saturated heterocycles. The zero-order valence-electron chi connectivity index (χ0n) is 16.0. The van der Waals surface area contributed by atoms with E-state index in [9.17, 15) is 13.6 Å². The number of likely N-dealkylation sites (N-methyl/N-ethyl adjacent to an activating group) is 1. The molecular weight excluding hydrogens is 376 g/mol. The molecule has 6 nitrogen and oxygen atoms in total. The van der Waals surface area contributed by atoms with Gasteiger partial charge in [0.2, 0.25) is 0 Å². The molecule has 29 heavy (non-hydrogen) atoms. The van der Waals surface area contributed by atoms with Crippen molar-refractivity contribution in [3.8, 4) is 16.9 Å². The topological polar surface area (TPSA) is 66.8 Å². The van der Waals surface area contributed by atoms with E-state index in [1.54, 1.807) is 10.9 Å². The largest absolute Gasteiger partial charge is 0.321 e. The van der Waals surface area contributed by atoms with Gasteiger partial charge in [-0.1, -0.05) is 17.3 Å². The Labute approximate surface area is 165 Å². The third-order valence-electron chi connectivity index (χ3n) is 4.70. The number of rotatable bonds is 5. The van der Waals surface area contributed by atoms with Gasteiger partial charge in [0, 0.05) is 18.0 Å². The van der Waals surface area contributed by atoms with Crippen molar-refractivity contribution in [1.82, 2.24) is 24.9 Å². The normalized spacial score (nSPS) is 11.5. The van der Waals surface area contributed by atoms with Crippen molar-refractivity contribution in [2.24, 2.45) is 0 Å². The Kier molecular flexibility index (Phi) is 4.94. The van der Waals surface area contributed by atoms with E-state index in [2.05, 4.69) is 20.2 Å². The lowest BCUT2D eigenvalue weighted by molar-refractivity contribution is 0.413. The first-order chi connectivity index (χ1) is 13.9. The lowest BCUT2D eigenvalue weighted by atomic mass is 10.1. The number of nitrogens with one attached hydrogen (secondary N) is 1. The molecule has 2 heterocycles. The minimum Gasteiger partial charge on any atom is -0.321 e. The Morgan fingerprint density at radius 3 is 2.52 bits per heavy atom. The molecule has 0 fully saturated rings. The van der Waals surface area contributed by atoms with E-state index >= 15 is 0 Å². The highest BCUT2D eigenvalue weighted by molar-refractivity contribution is 5.82. The molecule has 2 aromatic carbocycles. The van der Waals surface area contributed by atoms with Gasteiger partial charge in [0.05, 0.1) is 23.0 Å². The zero-order valence-corrected chi connectivity index (χ0v) is 16.0. The fourth-order valence-electron chi connectivity index (χ4n) is 3.07. The van der Waals surface area contributed by atoms with E-state index in [-0.39, 0.29) is 11.1 Å². The van der Waals surface area contributed by atoms with Crippen molar-refractivity contribution >= 4 is 10.9 Å². The van der Waals surface area contributed by atoms with Crippen molar-refractivity contribution in [2.75, 3.05) is 20.6 Å². The van der Waals surface area contributed by atoms with Crippen molar-refractivity contribution in [2.45, 2.75) is 6.42 Å². The van der Waals surface area contributed by atoms with Crippen molar-refractivity contribution in [3.63, 3.8) is 0 Å². The molecule has 4 aromatic rings. The van der Waals surface area contributed by atoms with Gasteiger partial charge in [0.15, 0.2) is 11.6 Å². The highest BCUT2D eigenvalue weighted by Gasteiger charge is 2.13. The Balaban J connectivity index is 1.64. The molecule has 1 N–H and O–H groups in total. The van der Waals surface area contributed by atoms with Gasteiger partial charge in [-0.2, -0.15) is 0 Å². The first kappa shape index (κ1) is 18.9. The molecule has 0 amide bonds. The van der Waals surface area contributed by atoms with Crippen LogP contribution in [-0.4, -0.2) is 45.5 Å². The van der Waals surface area contributed by atoms with E-state index in [0.717, 1.165) is 30.8 Å². The second kappa shape index (κ2) is 7.56. The van der Waals surface area contributed by atoms with Crippen molar-refractivity contribution < 1.29 is 8.78 Å². The van der Waals surface area contributed by atoms with E-state index < -0.39 is 17.2 Å². The van der Waals surface area contributed by atoms with Crippen molar-refractivity contribution in [3.05, 3.63) is 76.2 Å². The van der Waals surface area contributed by atoms with Gasteiger partial charge in [0.25, 0.3) is 5.56 Å². The van der Waals surface area contributed by atoms with Gasteiger partial charge in [-0.25, -0.2) is 13.5 Å². The molecule has 0 aliphatic carbocycles. The minimum absolute atomic E-state index is 0.221. The number of aromatic nitrogens is 4. The van der Waals surface area contributed by atoms with Gasteiger partial charge >= 0.3 is 0 Å². The molecule has 148 valence electrons. The van der Waals surface area contributed by atoms with Crippen LogP contribution in [0.3, 0.4) is 0 Å². The van der Waals surface area contributed by atoms with E-state index in [1.165, 1.54) is 11.6 Å². The monoisotopic (exact) mass is 395 g/mol. The highest BCUT2D eigenvalue weighted by Crippen LogP contribution is 2.21. The summed E-state index contributed by atoms with van der Waals surface area (Å²) in [5.41, 5.74) is 2.37. The number of hydrogen-bond donors (Lipinski definition) is 1. The second-order valence-corrected chi connectivity index (χ2v) is 7.13. The maximum atomic E-state index is 13.5. The predicted octanol–water partition coefficient (Wildman–Crippen LogP) is 3.16. The third kappa shape index (κ3) is 3.93. The Morgan fingerprint density at radius 1 is 1.07 bits per heavy atom. The van der Waals surface area contributed by atoms with Crippen LogP contribution < -0.4 is 5.56 Å². The summed E-state index contributed by atoms with van der Waals surface area (Å²) in [6, 6.07) is 11.4.